The molecule has 0 saturated heterocycles. The van der Waals surface area contributed by atoms with E-state index in [9.17, 15) is 10.1 Å². The summed E-state index contributed by atoms with van der Waals surface area (Å²) in [5.41, 5.74) is 4.18. The molecular weight excluding hydrogens is 551 g/mol. The molecule has 0 spiro atoms. The van der Waals surface area contributed by atoms with Crippen LogP contribution in [0.5, 0.6) is 11.5 Å². The molecule has 0 radical (unpaired) electrons. The van der Waals surface area contributed by atoms with Gasteiger partial charge in [0.2, 0.25) is 0 Å². The Hall–Kier alpha value is -4.19. The summed E-state index contributed by atoms with van der Waals surface area (Å²) in [4.78, 5) is 16.6. The van der Waals surface area contributed by atoms with Gasteiger partial charge in [-0.05, 0) is 95.3 Å². The lowest BCUT2D eigenvalue weighted by molar-refractivity contribution is -0.117. The number of nitrogens with one attached hydrogen (secondary N) is 1. The van der Waals surface area contributed by atoms with E-state index in [0.717, 1.165) is 56.1 Å². The molecule has 3 aromatic carbocycles. The number of rotatable bonds is 12. The Morgan fingerprint density at radius 3 is 1.90 bits per heavy atom. The van der Waals surface area contributed by atoms with Crippen molar-refractivity contribution in [3.05, 3.63) is 95.4 Å². The second-order valence-electron chi connectivity index (χ2n) is 9.45. The molecule has 0 fully saturated rings. The van der Waals surface area contributed by atoms with Crippen LogP contribution in [0.2, 0.25) is 0 Å². The molecule has 1 N–H and O–H groups in total. The third-order valence-electron chi connectivity index (χ3n) is 6.36. The first kappa shape index (κ1) is 29.8. The number of amides is 1. The Balaban J connectivity index is 1.54. The maximum Gasteiger partial charge on any atom is 0.261 e. The third-order valence-corrected chi connectivity index (χ3v) is 8.55. The first-order valence-electron chi connectivity index (χ1n) is 13.1. The number of ether oxygens (including phenoxy) is 2. The van der Waals surface area contributed by atoms with Gasteiger partial charge in [0, 0.05) is 39.8 Å². The number of hydrogen-bond donors (Lipinski definition) is 1. The standard InChI is InChI=1S/C33H33N3O3S2/c1-38-29-14-10-27(11-15-29)36(28-12-16-30(39-2)17-13-28)26-8-6-24(7-9-26)32-19-18-31(40-32)22-25(23-34)33(37)35-20-5-21-41(3)4/h6-19,22H,5,20-21H2,1-4H3/p+1/b25-22+. The average Bonchev–Trinajstić information content (AvgIpc) is 3.47. The summed E-state index contributed by atoms with van der Waals surface area (Å²) in [7, 11) is 3.66. The molecule has 1 heterocycles. The molecule has 41 heavy (non-hydrogen) atoms. The van der Waals surface area contributed by atoms with Gasteiger partial charge in [-0.25, -0.2) is 0 Å². The van der Waals surface area contributed by atoms with Crippen LogP contribution >= 0.6 is 11.3 Å². The number of methoxy groups -OCH3 is 2. The number of benzene rings is 3. The van der Waals surface area contributed by atoms with E-state index in [1.54, 1.807) is 31.6 Å². The molecule has 0 atom stereocenters. The number of thiophene rings is 1. The quantitative estimate of drug-likeness (QED) is 0.0826. The fourth-order valence-corrected chi connectivity index (χ4v) is 5.90. The highest BCUT2D eigenvalue weighted by Gasteiger charge is 2.14. The molecule has 0 aliphatic carbocycles. The van der Waals surface area contributed by atoms with E-state index in [-0.39, 0.29) is 11.5 Å². The molecule has 6 nitrogen and oxygen atoms in total. The molecule has 4 rings (SSSR count). The van der Waals surface area contributed by atoms with E-state index < -0.39 is 0 Å². The molecule has 1 amide bonds. The maximum absolute atomic E-state index is 12.5. The van der Waals surface area contributed by atoms with Crippen molar-refractivity contribution in [1.29, 1.82) is 5.26 Å². The molecule has 4 aromatic rings. The van der Waals surface area contributed by atoms with Crippen LogP contribution in [0.3, 0.4) is 0 Å². The van der Waals surface area contributed by atoms with Crippen LogP contribution in [0, 0.1) is 11.3 Å². The van der Waals surface area contributed by atoms with Crippen LogP contribution in [0.1, 0.15) is 11.3 Å². The smallest absolute Gasteiger partial charge is 0.261 e. The predicted molar refractivity (Wildman–Crippen MR) is 173 cm³/mol. The minimum absolute atomic E-state index is 0.121. The van der Waals surface area contributed by atoms with Crippen molar-refractivity contribution in [2.75, 3.05) is 43.9 Å². The predicted octanol–water partition coefficient (Wildman–Crippen LogP) is 7.19. The molecule has 0 saturated carbocycles. The van der Waals surface area contributed by atoms with Crippen LogP contribution in [-0.2, 0) is 15.7 Å². The molecule has 0 unspecified atom stereocenters. The summed E-state index contributed by atoms with van der Waals surface area (Å²) in [5.74, 6) is 2.34. The summed E-state index contributed by atoms with van der Waals surface area (Å²) in [6.45, 7) is 0.579. The molecule has 0 aliphatic heterocycles. The topological polar surface area (TPSA) is 74.6 Å². The summed E-state index contributed by atoms with van der Waals surface area (Å²) < 4.78 is 10.7. The van der Waals surface area contributed by atoms with Gasteiger partial charge in [-0.1, -0.05) is 12.1 Å². The SMILES string of the molecule is COc1ccc(N(c2ccc(OC)cc2)c2ccc(-c3ccc(/C=C(\C#N)C(=O)NCCC[S+](C)C)s3)cc2)cc1. The second-order valence-corrected chi connectivity index (χ2v) is 12.9. The Morgan fingerprint density at radius 2 is 1.41 bits per heavy atom. The van der Waals surface area contributed by atoms with Crippen LogP contribution in [-0.4, -0.2) is 44.9 Å². The van der Waals surface area contributed by atoms with Crippen LogP contribution < -0.4 is 19.7 Å². The van der Waals surface area contributed by atoms with Gasteiger partial charge in [-0.2, -0.15) is 5.26 Å². The summed E-state index contributed by atoms with van der Waals surface area (Å²) in [6, 6.07) is 30.3. The largest absolute Gasteiger partial charge is 0.497 e. The number of anilines is 3. The highest BCUT2D eigenvalue weighted by atomic mass is 32.2. The zero-order valence-electron chi connectivity index (χ0n) is 23.7. The number of carbonyl (C=O) groups is 1. The fraction of sp³-hybridized carbons (Fsp3) is 0.212. The lowest BCUT2D eigenvalue weighted by Crippen LogP contribution is -2.26. The van der Waals surface area contributed by atoms with E-state index in [4.69, 9.17) is 9.47 Å². The highest BCUT2D eigenvalue weighted by molar-refractivity contribution is 7.95. The second kappa shape index (κ2) is 14.4. The normalized spacial score (nSPS) is 11.2. The Kier molecular flexibility index (Phi) is 10.5. The molecule has 8 heteroatoms. The van der Waals surface area contributed by atoms with E-state index in [1.807, 2.05) is 60.7 Å². The van der Waals surface area contributed by atoms with Crippen LogP contribution in [0.4, 0.5) is 17.1 Å². The van der Waals surface area contributed by atoms with Crippen molar-refractivity contribution in [3.63, 3.8) is 0 Å². The van der Waals surface area contributed by atoms with Gasteiger partial charge in [-0.3, -0.25) is 4.79 Å². The van der Waals surface area contributed by atoms with E-state index in [2.05, 4.69) is 53.1 Å². The minimum atomic E-state index is -0.323. The Bertz CT molecular complexity index is 1460. The van der Waals surface area contributed by atoms with Crippen LogP contribution in [0.15, 0.2) is 90.5 Å². The Labute approximate surface area is 249 Å². The molecule has 0 aliphatic rings. The third kappa shape index (κ3) is 7.94. The Morgan fingerprint density at radius 1 is 0.878 bits per heavy atom. The van der Waals surface area contributed by atoms with Crippen molar-refractivity contribution in [2.24, 2.45) is 0 Å². The minimum Gasteiger partial charge on any atom is -0.497 e. The zero-order valence-corrected chi connectivity index (χ0v) is 25.4. The lowest BCUT2D eigenvalue weighted by Gasteiger charge is -2.26. The van der Waals surface area contributed by atoms with Gasteiger partial charge in [-0.15, -0.1) is 11.3 Å². The van der Waals surface area contributed by atoms with Crippen molar-refractivity contribution < 1.29 is 14.3 Å². The van der Waals surface area contributed by atoms with E-state index in [1.165, 1.54) is 0 Å². The van der Waals surface area contributed by atoms with Crippen molar-refractivity contribution in [1.82, 2.24) is 5.32 Å². The molecule has 1 aromatic heterocycles. The number of hydrogen-bond acceptors (Lipinski definition) is 6. The van der Waals surface area contributed by atoms with Gasteiger partial charge in [0.25, 0.3) is 5.91 Å². The van der Waals surface area contributed by atoms with E-state index >= 15 is 0 Å². The first-order chi connectivity index (χ1) is 19.9. The molecule has 210 valence electrons. The molecule has 0 bridgehead atoms. The van der Waals surface area contributed by atoms with Gasteiger partial charge in [0.1, 0.15) is 28.9 Å². The molecular formula is C33H34N3O3S2+. The maximum atomic E-state index is 12.5. The summed E-state index contributed by atoms with van der Waals surface area (Å²) in [6.07, 6.45) is 6.94. The summed E-state index contributed by atoms with van der Waals surface area (Å²) in [5, 5.41) is 12.4. The van der Waals surface area contributed by atoms with Crippen LogP contribution in [0.25, 0.3) is 16.5 Å². The zero-order chi connectivity index (χ0) is 29.2. The van der Waals surface area contributed by atoms with Gasteiger partial charge in [0.05, 0.1) is 26.7 Å². The van der Waals surface area contributed by atoms with Crippen molar-refractivity contribution in [3.8, 4) is 28.0 Å². The number of nitriles is 1. The monoisotopic (exact) mass is 584 g/mol. The van der Waals surface area contributed by atoms with Crippen molar-refractivity contribution in [2.45, 2.75) is 6.42 Å². The number of carbonyl (C=O) groups excluding carboxylic acids is 1. The van der Waals surface area contributed by atoms with Gasteiger partial charge in [0.15, 0.2) is 0 Å². The first-order valence-corrected chi connectivity index (χ1v) is 16.2. The number of nitrogens with zero attached hydrogens (tertiary/aromatic N) is 2. The van der Waals surface area contributed by atoms with Crippen molar-refractivity contribution >= 4 is 51.3 Å². The van der Waals surface area contributed by atoms with E-state index in [0.29, 0.717) is 17.4 Å². The average molecular weight is 585 g/mol. The highest BCUT2D eigenvalue weighted by Crippen LogP contribution is 2.38. The fourth-order valence-electron chi connectivity index (χ4n) is 4.22. The van der Waals surface area contributed by atoms with Gasteiger partial charge < -0.3 is 19.7 Å². The van der Waals surface area contributed by atoms with Gasteiger partial charge >= 0.3 is 0 Å². The summed E-state index contributed by atoms with van der Waals surface area (Å²) >= 11 is 1.55. The lowest BCUT2D eigenvalue weighted by atomic mass is 10.1.